The minimum atomic E-state index is -1.52. The Bertz CT molecular complexity index is 1420. The normalized spacial score (nSPS) is 12.8. The fraction of sp³-hybridized carbons (Fsp3) is 0.208. The predicted octanol–water partition coefficient (Wildman–Crippen LogP) is 1.32. The summed E-state index contributed by atoms with van der Waals surface area (Å²) in [6.45, 7) is 3.23. The number of benzene rings is 2. The van der Waals surface area contributed by atoms with Crippen LogP contribution >= 0.6 is 0 Å². The van der Waals surface area contributed by atoms with E-state index in [0.29, 0.717) is 28.9 Å². The van der Waals surface area contributed by atoms with Crippen molar-refractivity contribution in [3.05, 3.63) is 64.8 Å². The lowest BCUT2D eigenvalue weighted by atomic mass is 9.79. The number of carbonyl (C=O) groups is 1. The Morgan fingerprint density at radius 1 is 1.24 bits per heavy atom. The number of nitrogens with zero attached hydrogens (tertiary/aromatic N) is 3. The minimum Gasteiger partial charge on any atom is -0.423 e. The molecule has 4 aromatic rings. The Labute approximate surface area is 196 Å². The standard InChI is InChI=1S/C24H25BN6O3/c1-13-19(16-7-4-8-17(21(26)32)20(16)28-13)23-29-22(18-9-10-31(2)24(18)30-23)27-12-14-5-3-6-15(11-14)25(33)34/h3-8,11,28,33-34H,9-10,12H2,1-2H3,(H2,26,32)(H,27,29,30). The van der Waals surface area contributed by atoms with Gasteiger partial charge in [0.25, 0.3) is 5.91 Å². The highest BCUT2D eigenvalue weighted by atomic mass is 16.4. The number of aromatic nitrogens is 3. The molecule has 34 heavy (non-hydrogen) atoms. The number of primary amides is 1. The monoisotopic (exact) mass is 456 g/mol. The molecule has 3 heterocycles. The van der Waals surface area contributed by atoms with Gasteiger partial charge in [-0.3, -0.25) is 4.79 Å². The Hall–Kier alpha value is -3.89. The Kier molecular flexibility index (Phi) is 5.47. The molecule has 9 nitrogen and oxygen atoms in total. The molecule has 0 fully saturated rings. The summed E-state index contributed by atoms with van der Waals surface area (Å²) < 4.78 is 0. The van der Waals surface area contributed by atoms with Gasteiger partial charge in [0.05, 0.1) is 11.1 Å². The lowest BCUT2D eigenvalue weighted by Crippen LogP contribution is -2.30. The van der Waals surface area contributed by atoms with Crippen molar-refractivity contribution in [1.82, 2.24) is 15.0 Å². The molecule has 0 saturated carbocycles. The summed E-state index contributed by atoms with van der Waals surface area (Å²) in [6, 6.07) is 12.6. The Balaban J connectivity index is 1.58. The molecule has 2 aromatic heterocycles. The first-order valence-corrected chi connectivity index (χ1v) is 11.1. The molecule has 0 spiro atoms. The van der Waals surface area contributed by atoms with Crippen molar-refractivity contribution < 1.29 is 14.8 Å². The Morgan fingerprint density at radius 2 is 2.03 bits per heavy atom. The van der Waals surface area contributed by atoms with Crippen molar-refractivity contribution >= 4 is 41.0 Å². The van der Waals surface area contributed by atoms with Crippen LogP contribution in [0.25, 0.3) is 22.3 Å². The van der Waals surface area contributed by atoms with Gasteiger partial charge >= 0.3 is 7.12 Å². The van der Waals surface area contributed by atoms with E-state index >= 15 is 0 Å². The molecule has 10 heteroatoms. The van der Waals surface area contributed by atoms with Gasteiger partial charge in [0.15, 0.2) is 5.82 Å². The molecular formula is C24H25BN6O3. The van der Waals surface area contributed by atoms with Crippen LogP contribution in [-0.4, -0.2) is 51.6 Å². The molecule has 0 unspecified atom stereocenters. The second-order valence-corrected chi connectivity index (χ2v) is 8.56. The average Bonchev–Trinajstić information content (AvgIpc) is 3.36. The summed E-state index contributed by atoms with van der Waals surface area (Å²) in [5.41, 5.74) is 10.7. The number of aromatic amines is 1. The maximum Gasteiger partial charge on any atom is 0.488 e. The van der Waals surface area contributed by atoms with Gasteiger partial charge in [-0.1, -0.05) is 36.4 Å². The maximum atomic E-state index is 11.9. The number of fused-ring (bicyclic) bond motifs is 2. The number of amides is 1. The number of nitrogens with two attached hydrogens (primary N) is 1. The quantitative estimate of drug-likeness (QED) is 0.276. The summed E-state index contributed by atoms with van der Waals surface area (Å²) in [4.78, 5) is 27.1. The predicted molar refractivity (Wildman–Crippen MR) is 133 cm³/mol. The van der Waals surface area contributed by atoms with Gasteiger partial charge in [-0.05, 0) is 30.4 Å². The van der Waals surface area contributed by atoms with E-state index in [1.54, 1.807) is 30.3 Å². The van der Waals surface area contributed by atoms with Crippen LogP contribution in [0.5, 0.6) is 0 Å². The third-order valence-electron chi connectivity index (χ3n) is 6.26. The first-order valence-electron chi connectivity index (χ1n) is 11.1. The molecule has 0 bridgehead atoms. The second kappa shape index (κ2) is 8.47. The number of rotatable bonds is 6. The molecule has 0 radical (unpaired) electrons. The topological polar surface area (TPSA) is 140 Å². The van der Waals surface area contributed by atoms with Gasteiger partial charge < -0.3 is 31.0 Å². The van der Waals surface area contributed by atoms with Crippen LogP contribution in [0.2, 0.25) is 0 Å². The minimum absolute atomic E-state index is 0.425. The molecule has 5 rings (SSSR count). The van der Waals surface area contributed by atoms with E-state index in [1.165, 1.54) is 0 Å². The first kappa shape index (κ1) is 21.9. The van der Waals surface area contributed by atoms with Crippen molar-refractivity contribution in [2.45, 2.75) is 19.9 Å². The summed E-state index contributed by atoms with van der Waals surface area (Å²) >= 11 is 0. The number of para-hydroxylation sites is 1. The number of likely N-dealkylation sites (N-methyl/N-ethyl adjacent to an activating group) is 1. The summed E-state index contributed by atoms with van der Waals surface area (Å²) in [5.74, 6) is 1.66. The SMILES string of the molecule is Cc1[nH]c2c(C(N)=O)cccc2c1-c1nc(NCc2cccc(B(O)O)c2)c2c(n1)N(C)CC2. The summed E-state index contributed by atoms with van der Waals surface area (Å²) in [5, 5.41) is 23.2. The maximum absolute atomic E-state index is 11.9. The molecule has 2 aromatic carbocycles. The number of carbonyl (C=O) groups excluding carboxylic acids is 1. The second-order valence-electron chi connectivity index (χ2n) is 8.56. The highest BCUT2D eigenvalue weighted by Gasteiger charge is 2.26. The smallest absolute Gasteiger partial charge is 0.423 e. The zero-order valence-corrected chi connectivity index (χ0v) is 19.0. The number of nitrogens with one attached hydrogen (secondary N) is 2. The molecule has 1 aliphatic heterocycles. The molecule has 1 amide bonds. The van der Waals surface area contributed by atoms with Gasteiger partial charge in [-0.15, -0.1) is 0 Å². The van der Waals surface area contributed by atoms with E-state index in [0.717, 1.165) is 52.4 Å². The van der Waals surface area contributed by atoms with Crippen molar-refractivity contribution in [2.24, 2.45) is 5.73 Å². The van der Waals surface area contributed by atoms with Gasteiger partial charge in [0.2, 0.25) is 0 Å². The van der Waals surface area contributed by atoms with Crippen LogP contribution in [0, 0.1) is 6.92 Å². The highest BCUT2D eigenvalue weighted by Crippen LogP contribution is 2.37. The molecular weight excluding hydrogens is 431 g/mol. The number of hydrogen-bond acceptors (Lipinski definition) is 7. The van der Waals surface area contributed by atoms with E-state index in [4.69, 9.17) is 15.7 Å². The van der Waals surface area contributed by atoms with E-state index in [1.807, 2.05) is 26.1 Å². The van der Waals surface area contributed by atoms with Crippen molar-refractivity contribution in [2.75, 3.05) is 23.8 Å². The number of hydrogen-bond donors (Lipinski definition) is 5. The number of aryl methyl sites for hydroxylation is 1. The fourth-order valence-electron chi connectivity index (χ4n) is 4.55. The van der Waals surface area contributed by atoms with Crippen molar-refractivity contribution in [1.29, 1.82) is 0 Å². The number of H-pyrrole nitrogens is 1. The zero-order valence-electron chi connectivity index (χ0n) is 19.0. The van der Waals surface area contributed by atoms with Gasteiger partial charge in [-0.25, -0.2) is 9.97 Å². The van der Waals surface area contributed by atoms with Crippen LogP contribution in [0.4, 0.5) is 11.6 Å². The van der Waals surface area contributed by atoms with Crippen LogP contribution in [0.1, 0.15) is 27.2 Å². The van der Waals surface area contributed by atoms with E-state index < -0.39 is 13.0 Å². The molecule has 6 N–H and O–H groups in total. The number of anilines is 2. The summed E-state index contributed by atoms with van der Waals surface area (Å²) in [7, 11) is 0.491. The molecule has 1 aliphatic rings. The van der Waals surface area contributed by atoms with E-state index in [-0.39, 0.29) is 0 Å². The van der Waals surface area contributed by atoms with Crippen molar-refractivity contribution in [3.8, 4) is 11.4 Å². The lowest BCUT2D eigenvalue weighted by molar-refractivity contribution is 0.100. The first-order chi connectivity index (χ1) is 16.3. The molecule has 172 valence electrons. The van der Waals surface area contributed by atoms with Gasteiger partial charge in [-0.2, -0.15) is 0 Å². The zero-order chi connectivity index (χ0) is 24.0. The van der Waals surface area contributed by atoms with Crippen LogP contribution in [0.15, 0.2) is 42.5 Å². The third kappa shape index (κ3) is 3.76. The largest absolute Gasteiger partial charge is 0.488 e. The highest BCUT2D eigenvalue weighted by molar-refractivity contribution is 6.58. The van der Waals surface area contributed by atoms with Gasteiger partial charge in [0, 0.05) is 42.3 Å². The van der Waals surface area contributed by atoms with Crippen LogP contribution in [0.3, 0.4) is 0 Å². The lowest BCUT2D eigenvalue weighted by Gasteiger charge is -2.15. The Morgan fingerprint density at radius 3 is 2.79 bits per heavy atom. The van der Waals surface area contributed by atoms with Crippen LogP contribution < -0.4 is 21.4 Å². The van der Waals surface area contributed by atoms with E-state index in [2.05, 4.69) is 15.2 Å². The van der Waals surface area contributed by atoms with E-state index in [9.17, 15) is 14.8 Å². The average molecular weight is 456 g/mol. The molecule has 0 atom stereocenters. The molecule has 0 saturated heterocycles. The van der Waals surface area contributed by atoms with Crippen molar-refractivity contribution in [3.63, 3.8) is 0 Å². The molecule has 0 aliphatic carbocycles. The summed E-state index contributed by atoms with van der Waals surface area (Å²) in [6.07, 6.45) is 0.822. The third-order valence-corrected chi connectivity index (χ3v) is 6.26. The van der Waals surface area contributed by atoms with Crippen LogP contribution in [-0.2, 0) is 13.0 Å². The fourth-order valence-corrected chi connectivity index (χ4v) is 4.55. The van der Waals surface area contributed by atoms with Gasteiger partial charge in [0.1, 0.15) is 11.6 Å².